The minimum atomic E-state index is -0.680. The topological polar surface area (TPSA) is 65.5 Å². The highest BCUT2D eigenvalue weighted by atomic mass is 16.6. The lowest BCUT2D eigenvalue weighted by Crippen LogP contribution is -2.38. The molecule has 0 saturated heterocycles. The average molecular weight is 261 g/mol. The average Bonchev–Trinajstić information content (AvgIpc) is 2.70. The van der Waals surface area contributed by atoms with Gasteiger partial charge in [-0.3, -0.25) is 4.79 Å². The van der Waals surface area contributed by atoms with Crippen molar-refractivity contribution in [2.75, 3.05) is 0 Å². The molecule has 1 heterocycles. The molecule has 1 atom stereocenters. The van der Waals surface area contributed by atoms with Gasteiger partial charge in [-0.15, -0.1) is 0 Å². The van der Waals surface area contributed by atoms with Crippen molar-refractivity contribution in [3.63, 3.8) is 0 Å². The third-order valence-corrected chi connectivity index (χ3v) is 2.71. The predicted octanol–water partition coefficient (Wildman–Crippen LogP) is 2.64. The zero-order chi connectivity index (χ0) is 14.0. The Balaban J connectivity index is 2.10. The summed E-state index contributed by atoms with van der Waals surface area (Å²) in [6, 6.07) is 7.00. The van der Waals surface area contributed by atoms with Crippen LogP contribution in [-0.2, 0) is 16.0 Å². The molecule has 0 aliphatic rings. The predicted molar refractivity (Wildman–Crippen MR) is 73.7 cm³/mol. The third kappa shape index (κ3) is 3.35. The Hall–Kier alpha value is -1.81. The molecule has 2 aromatic rings. The highest BCUT2D eigenvalue weighted by Crippen LogP contribution is 2.22. The zero-order valence-electron chi connectivity index (χ0n) is 11.5. The van der Waals surface area contributed by atoms with E-state index in [0.29, 0.717) is 6.42 Å². The first-order chi connectivity index (χ1) is 8.87. The van der Waals surface area contributed by atoms with Crippen molar-refractivity contribution in [2.45, 2.75) is 38.8 Å². The molecule has 1 aromatic heterocycles. The first-order valence-corrected chi connectivity index (χ1v) is 6.30. The summed E-state index contributed by atoms with van der Waals surface area (Å²) in [4.78, 5) is 11.8. The molecular formula is C15H19NO3. The molecule has 0 aliphatic heterocycles. The van der Waals surface area contributed by atoms with Crippen LogP contribution in [-0.4, -0.2) is 17.6 Å². The van der Waals surface area contributed by atoms with E-state index >= 15 is 0 Å². The van der Waals surface area contributed by atoms with E-state index in [9.17, 15) is 4.79 Å². The highest BCUT2D eigenvalue weighted by Gasteiger charge is 2.23. The maximum Gasteiger partial charge on any atom is 0.323 e. The first-order valence-electron chi connectivity index (χ1n) is 6.30. The summed E-state index contributed by atoms with van der Waals surface area (Å²) in [7, 11) is 0. The number of para-hydroxylation sites is 1. The standard InChI is InChI=1S/C15H19NO3/c1-15(2,3)19-14(17)12(16)8-10-9-18-13-7-5-4-6-11(10)13/h4-7,9,12H,8,16H2,1-3H3. The third-order valence-electron chi connectivity index (χ3n) is 2.71. The molecule has 0 saturated carbocycles. The van der Waals surface area contributed by atoms with Crippen LogP contribution in [0.4, 0.5) is 0 Å². The van der Waals surface area contributed by atoms with Crippen LogP contribution < -0.4 is 5.73 Å². The number of benzene rings is 1. The smallest absolute Gasteiger partial charge is 0.323 e. The zero-order valence-corrected chi connectivity index (χ0v) is 11.5. The number of carbonyl (C=O) groups is 1. The molecule has 0 bridgehead atoms. The number of hydrogen-bond donors (Lipinski definition) is 1. The molecule has 0 radical (unpaired) electrons. The van der Waals surface area contributed by atoms with Crippen LogP contribution in [0, 0.1) is 0 Å². The number of carbonyl (C=O) groups excluding carboxylic acids is 1. The Morgan fingerprint density at radius 2 is 2.05 bits per heavy atom. The minimum Gasteiger partial charge on any atom is -0.464 e. The Morgan fingerprint density at radius 3 is 2.74 bits per heavy atom. The van der Waals surface area contributed by atoms with Gasteiger partial charge in [0.2, 0.25) is 0 Å². The van der Waals surface area contributed by atoms with Crippen molar-refractivity contribution < 1.29 is 13.9 Å². The molecule has 2 N–H and O–H groups in total. The molecule has 1 unspecified atom stereocenters. The number of fused-ring (bicyclic) bond motifs is 1. The molecule has 4 heteroatoms. The van der Waals surface area contributed by atoms with E-state index in [4.69, 9.17) is 14.9 Å². The van der Waals surface area contributed by atoms with Gasteiger partial charge >= 0.3 is 5.97 Å². The fourth-order valence-electron chi connectivity index (χ4n) is 1.89. The van der Waals surface area contributed by atoms with Crippen LogP contribution in [0.2, 0.25) is 0 Å². The van der Waals surface area contributed by atoms with Crippen LogP contribution >= 0.6 is 0 Å². The van der Waals surface area contributed by atoms with Gasteiger partial charge in [0.05, 0.1) is 6.26 Å². The van der Waals surface area contributed by atoms with E-state index in [2.05, 4.69) is 0 Å². The quantitative estimate of drug-likeness (QED) is 0.863. The summed E-state index contributed by atoms with van der Waals surface area (Å²) < 4.78 is 10.7. The molecule has 102 valence electrons. The molecule has 0 fully saturated rings. The molecule has 4 nitrogen and oxygen atoms in total. The summed E-state index contributed by atoms with van der Waals surface area (Å²) in [5.74, 6) is -0.391. The van der Waals surface area contributed by atoms with Gasteiger partial charge in [0, 0.05) is 17.4 Å². The van der Waals surface area contributed by atoms with E-state index in [1.165, 1.54) is 0 Å². The lowest BCUT2D eigenvalue weighted by Gasteiger charge is -2.22. The van der Waals surface area contributed by atoms with Crippen molar-refractivity contribution in [1.29, 1.82) is 0 Å². The lowest BCUT2D eigenvalue weighted by atomic mass is 10.1. The Labute approximate surface area is 112 Å². The Morgan fingerprint density at radius 1 is 1.37 bits per heavy atom. The van der Waals surface area contributed by atoms with Crippen molar-refractivity contribution in [3.8, 4) is 0 Å². The van der Waals surface area contributed by atoms with Crippen molar-refractivity contribution >= 4 is 16.9 Å². The van der Waals surface area contributed by atoms with Crippen molar-refractivity contribution in [2.24, 2.45) is 5.73 Å². The molecule has 0 aliphatic carbocycles. The van der Waals surface area contributed by atoms with Crippen LogP contribution in [0.3, 0.4) is 0 Å². The Kier molecular flexibility index (Phi) is 3.62. The van der Waals surface area contributed by atoms with Crippen molar-refractivity contribution in [1.82, 2.24) is 0 Å². The van der Waals surface area contributed by atoms with Crippen LogP contribution in [0.1, 0.15) is 26.3 Å². The molecule has 2 rings (SSSR count). The SMILES string of the molecule is CC(C)(C)OC(=O)C(N)Cc1coc2ccccc12. The normalized spacial score (nSPS) is 13.5. The van der Waals surface area contributed by atoms with E-state index in [1.54, 1.807) is 6.26 Å². The van der Waals surface area contributed by atoms with E-state index in [-0.39, 0.29) is 0 Å². The van der Waals surface area contributed by atoms with Gasteiger partial charge < -0.3 is 14.9 Å². The van der Waals surface area contributed by atoms with Gasteiger partial charge in [0.25, 0.3) is 0 Å². The molecular weight excluding hydrogens is 242 g/mol. The monoisotopic (exact) mass is 261 g/mol. The number of rotatable bonds is 3. The second-order valence-corrected chi connectivity index (χ2v) is 5.60. The van der Waals surface area contributed by atoms with E-state index in [1.807, 2.05) is 45.0 Å². The number of furan rings is 1. The molecule has 1 aromatic carbocycles. The number of hydrogen-bond acceptors (Lipinski definition) is 4. The van der Waals surface area contributed by atoms with Gasteiger partial charge in [-0.05, 0) is 26.8 Å². The maximum absolute atomic E-state index is 11.8. The van der Waals surface area contributed by atoms with E-state index in [0.717, 1.165) is 16.5 Å². The van der Waals surface area contributed by atoms with Gasteiger partial charge in [-0.2, -0.15) is 0 Å². The number of ether oxygens (including phenoxy) is 1. The minimum absolute atomic E-state index is 0.391. The largest absolute Gasteiger partial charge is 0.464 e. The van der Waals surface area contributed by atoms with Gasteiger partial charge in [0.1, 0.15) is 17.2 Å². The van der Waals surface area contributed by atoms with Gasteiger partial charge in [-0.1, -0.05) is 18.2 Å². The number of nitrogens with two attached hydrogens (primary N) is 1. The van der Waals surface area contributed by atoms with Gasteiger partial charge in [-0.25, -0.2) is 0 Å². The van der Waals surface area contributed by atoms with Crippen LogP contribution in [0.5, 0.6) is 0 Å². The Bertz CT molecular complexity index is 580. The fourth-order valence-corrected chi connectivity index (χ4v) is 1.89. The fraction of sp³-hybridized carbons (Fsp3) is 0.400. The molecule has 19 heavy (non-hydrogen) atoms. The molecule has 0 spiro atoms. The maximum atomic E-state index is 11.8. The number of esters is 1. The highest BCUT2D eigenvalue weighted by molar-refractivity contribution is 5.82. The lowest BCUT2D eigenvalue weighted by molar-refractivity contribution is -0.156. The van der Waals surface area contributed by atoms with Gasteiger partial charge in [0.15, 0.2) is 0 Å². The second kappa shape index (κ2) is 5.05. The first kappa shape index (κ1) is 13.6. The van der Waals surface area contributed by atoms with Crippen LogP contribution in [0.25, 0.3) is 11.0 Å². The summed E-state index contributed by atoms with van der Waals surface area (Å²) in [6.45, 7) is 5.47. The van der Waals surface area contributed by atoms with E-state index < -0.39 is 17.6 Å². The summed E-state index contributed by atoms with van der Waals surface area (Å²) in [5.41, 5.74) is 7.09. The second-order valence-electron chi connectivity index (χ2n) is 5.60. The summed E-state index contributed by atoms with van der Waals surface area (Å²) >= 11 is 0. The van der Waals surface area contributed by atoms with Crippen molar-refractivity contribution in [3.05, 3.63) is 36.1 Å². The summed E-state index contributed by atoms with van der Waals surface area (Å²) in [5, 5.41) is 0.988. The molecule has 0 amide bonds. The summed E-state index contributed by atoms with van der Waals surface area (Å²) in [6.07, 6.45) is 2.06. The van der Waals surface area contributed by atoms with Crippen LogP contribution in [0.15, 0.2) is 34.9 Å².